The maximum absolute atomic E-state index is 6.94. The monoisotopic (exact) mass is 815 g/mol. The van der Waals surface area contributed by atoms with Gasteiger partial charge in [0, 0.05) is 54.6 Å². The smallest absolute Gasteiger partial charge is 0.143 e. The first-order valence-corrected chi connectivity index (χ1v) is 21.9. The van der Waals surface area contributed by atoms with Crippen LogP contribution in [-0.4, -0.2) is 13.7 Å². The van der Waals surface area contributed by atoms with Crippen molar-refractivity contribution < 1.29 is 4.42 Å². The predicted molar refractivity (Wildman–Crippen MR) is 268 cm³/mol. The van der Waals surface area contributed by atoms with Crippen LogP contribution >= 0.6 is 0 Å². The van der Waals surface area contributed by atoms with Gasteiger partial charge in [0.25, 0.3) is 0 Å². The van der Waals surface area contributed by atoms with Gasteiger partial charge in [0.2, 0.25) is 0 Å². The van der Waals surface area contributed by atoms with Gasteiger partial charge in [-0.15, -0.1) is 0 Å². The Kier molecular flexibility index (Phi) is 7.36. The van der Waals surface area contributed by atoms with Gasteiger partial charge in [0.15, 0.2) is 0 Å². The summed E-state index contributed by atoms with van der Waals surface area (Å²) < 4.78 is 14.2. The van der Waals surface area contributed by atoms with E-state index < -0.39 is 0 Å². The van der Waals surface area contributed by atoms with E-state index >= 15 is 0 Å². The fourth-order valence-corrected chi connectivity index (χ4v) is 10.8. The summed E-state index contributed by atoms with van der Waals surface area (Å²) in [6.45, 7) is 0. The molecular weight excluding hydrogens is 779 g/mol. The summed E-state index contributed by atoms with van der Waals surface area (Å²) in [6, 6.07) is 81.3. The summed E-state index contributed by atoms with van der Waals surface area (Å²) in [4.78, 5) is 0. The highest BCUT2D eigenvalue weighted by Gasteiger charge is 2.22. The first-order chi connectivity index (χ1) is 31.8. The van der Waals surface area contributed by atoms with E-state index in [9.17, 15) is 0 Å². The van der Waals surface area contributed by atoms with Crippen LogP contribution in [0.4, 0.5) is 0 Å². The maximum Gasteiger partial charge on any atom is 0.143 e. The first kappa shape index (κ1) is 35.0. The number of benzene rings is 10. The zero-order valence-electron chi connectivity index (χ0n) is 34.6. The van der Waals surface area contributed by atoms with Crippen molar-refractivity contribution in [2.24, 2.45) is 0 Å². The van der Waals surface area contributed by atoms with Gasteiger partial charge in [0.1, 0.15) is 11.2 Å². The Balaban J connectivity index is 0.993. The molecule has 0 saturated heterocycles. The number of nitrogens with zero attached hydrogens (tertiary/aromatic N) is 3. The van der Waals surface area contributed by atoms with Crippen molar-refractivity contribution in [1.82, 2.24) is 13.7 Å². The predicted octanol–water partition coefficient (Wildman–Crippen LogP) is 16.2. The van der Waals surface area contributed by atoms with E-state index in [4.69, 9.17) is 4.42 Å². The molecule has 10 aromatic carbocycles. The van der Waals surface area contributed by atoms with Crippen LogP contribution in [0.3, 0.4) is 0 Å². The molecule has 0 bridgehead atoms. The fourth-order valence-electron chi connectivity index (χ4n) is 10.8. The van der Waals surface area contributed by atoms with Crippen molar-refractivity contribution in [2.45, 2.75) is 0 Å². The van der Waals surface area contributed by atoms with Crippen LogP contribution in [0.1, 0.15) is 0 Å². The Hall–Kier alpha value is -8.60. The normalized spacial score (nSPS) is 12.1. The van der Waals surface area contributed by atoms with Crippen molar-refractivity contribution in [1.29, 1.82) is 0 Å². The van der Waals surface area contributed by atoms with Gasteiger partial charge in [-0.3, -0.25) is 0 Å². The minimum atomic E-state index is 0.862. The van der Waals surface area contributed by atoms with Gasteiger partial charge < -0.3 is 18.1 Å². The van der Waals surface area contributed by atoms with E-state index in [1.54, 1.807) is 0 Å². The molecule has 0 aliphatic heterocycles. The number of para-hydroxylation sites is 5. The summed E-state index contributed by atoms with van der Waals surface area (Å²) in [5, 5.41) is 9.57. The number of rotatable bonds is 5. The zero-order valence-corrected chi connectivity index (χ0v) is 34.6. The molecule has 0 N–H and O–H groups in total. The van der Waals surface area contributed by atoms with Crippen LogP contribution in [0.5, 0.6) is 0 Å². The molecule has 0 fully saturated rings. The molecule has 0 saturated carbocycles. The van der Waals surface area contributed by atoms with E-state index in [1.807, 2.05) is 0 Å². The summed E-state index contributed by atoms with van der Waals surface area (Å²) in [5.41, 5.74) is 16.7. The van der Waals surface area contributed by atoms with Crippen LogP contribution in [0.15, 0.2) is 229 Å². The molecule has 0 unspecified atom stereocenters. The van der Waals surface area contributed by atoms with Gasteiger partial charge >= 0.3 is 0 Å². The Morgan fingerprint density at radius 2 is 0.766 bits per heavy atom. The average Bonchev–Trinajstić information content (AvgIpc) is 4.10. The van der Waals surface area contributed by atoms with Crippen molar-refractivity contribution in [3.8, 4) is 39.3 Å². The lowest BCUT2D eigenvalue weighted by Crippen LogP contribution is -1.98. The first-order valence-electron chi connectivity index (χ1n) is 21.9. The second-order valence-corrected chi connectivity index (χ2v) is 16.8. The third-order valence-electron chi connectivity index (χ3n) is 13.5. The SMILES string of the molecule is c1ccc(-c2ccccc2-c2cccc3c2oc2cccc(-n4c5ccccc5c5ccc(-n6c7ccccc7c7cc(-n8c9ccccc9c9ccccc98)ccc76)cc54)c23)cc1. The second-order valence-electron chi connectivity index (χ2n) is 16.8. The molecule has 4 nitrogen and oxygen atoms in total. The Bertz CT molecular complexity index is 4140. The highest BCUT2D eigenvalue weighted by molar-refractivity contribution is 6.18. The summed E-state index contributed by atoms with van der Waals surface area (Å²) in [7, 11) is 0. The van der Waals surface area contributed by atoms with Gasteiger partial charge in [-0.25, -0.2) is 0 Å². The molecule has 0 aliphatic rings. The van der Waals surface area contributed by atoms with Crippen LogP contribution in [0.2, 0.25) is 0 Å². The molecule has 4 heterocycles. The van der Waals surface area contributed by atoms with Crippen LogP contribution in [-0.2, 0) is 0 Å². The number of fused-ring (bicyclic) bond motifs is 12. The van der Waals surface area contributed by atoms with Crippen LogP contribution in [0.25, 0.3) is 127 Å². The van der Waals surface area contributed by atoms with E-state index in [0.717, 1.165) is 61.2 Å². The number of hydrogen-bond donors (Lipinski definition) is 0. The molecular formula is C60H37N3O. The summed E-state index contributed by atoms with van der Waals surface area (Å²) >= 11 is 0. The molecule has 4 heteroatoms. The summed E-state index contributed by atoms with van der Waals surface area (Å²) in [5.74, 6) is 0. The van der Waals surface area contributed by atoms with E-state index in [-0.39, 0.29) is 0 Å². The highest BCUT2D eigenvalue weighted by Crippen LogP contribution is 2.44. The lowest BCUT2D eigenvalue weighted by molar-refractivity contribution is 0.670. The van der Waals surface area contributed by atoms with E-state index in [1.165, 1.54) is 65.5 Å². The van der Waals surface area contributed by atoms with Gasteiger partial charge in [-0.05, 0) is 83.4 Å². The Morgan fingerprint density at radius 1 is 0.281 bits per heavy atom. The molecule has 0 aliphatic carbocycles. The van der Waals surface area contributed by atoms with Crippen molar-refractivity contribution >= 4 is 87.4 Å². The van der Waals surface area contributed by atoms with Gasteiger partial charge in [-0.2, -0.15) is 0 Å². The maximum atomic E-state index is 6.94. The minimum absolute atomic E-state index is 0.862. The Labute approximate surface area is 367 Å². The third-order valence-corrected chi connectivity index (χ3v) is 13.5. The molecule has 0 amide bonds. The quantitative estimate of drug-likeness (QED) is 0.170. The van der Waals surface area contributed by atoms with Crippen molar-refractivity contribution in [3.63, 3.8) is 0 Å². The van der Waals surface area contributed by atoms with E-state index in [2.05, 4.69) is 238 Å². The molecule has 14 aromatic rings. The molecule has 0 radical (unpaired) electrons. The lowest BCUT2D eigenvalue weighted by Gasteiger charge is -2.13. The van der Waals surface area contributed by atoms with Crippen molar-refractivity contribution in [3.05, 3.63) is 224 Å². The van der Waals surface area contributed by atoms with Crippen LogP contribution in [0, 0.1) is 0 Å². The zero-order chi connectivity index (χ0) is 41.9. The number of aromatic nitrogens is 3. The van der Waals surface area contributed by atoms with Gasteiger partial charge in [0.05, 0.1) is 44.2 Å². The highest BCUT2D eigenvalue weighted by atomic mass is 16.3. The number of furan rings is 1. The fraction of sp³-hybridized carbons (Fsp3) is 0. The third kappa shape index (κ3) is 4.93. The molecule has 0 spiro atoms. The number of hydrogen-bond acceptors (Lipinski definition) is 1. The van der Waals surface area contributed by atoms with Crippen molar-refractivity contribution in [2.75, 3.05) is 0 Å². The van der Waals surface area contributed by atoms with Crippen LogP contribution < -0.4 is 0 Å². The molecule has 0 atom stereocenters. The molecule has 14 rings (SSSR count). The molecule has 64 heavy (non-hydrogen) atoms. The standard InChI is InChI=1S/C60H37N3O/c1-2-16-38(17-3-1)41-18-4-5-19-42(41)48-24-14-25-49-59-56(30-15-31-58(59)64-60(48)49)63-54-29-13-8-22-45(54)47-34-32-40(37-57(47)63)62-53-28-12-9-23-46(53)50-36-39(33-35-55(50)62)61-51-26-10-6-20-43(51)44-21-7-11-27-52(44)61/h1-37H. The molecule has 4 aromatic heterocycles. The minimum Gasteiger partial charge on any atom is -0.455 e. The molecule has 298 valence electrons. The van der Waals surface area contributed by atoms with Gasteiger partial charge in [-0.1, -0.05) is 158 Å². The average molecular weight is 816 g/mol. The largest absolute Gasteiger partial charge is 0.455 e. The Morgan fingerprint density at radius 3 is 1.45 bits per heavy atom. The topological polar surface area (TPSA) is 27.9 Å². The second kappa shape index (κ2) is 13.4. The lowest BCUT2D eigenvalue weighted by atomic mass is 9.93. The summed E-state index contributed by atoms with van der Waals surface area (Å²) in [6.07, 6.45) is 0. The van der Waals surface area contributed by atoms with E-state index in [0.29, 0.717) is 0 Å².